The number of carbonyl (C=O) groups is 2. The van der Waals surface area contributed by atoms with E-state index < -0.39 is 23.8 Å². The molecule has 1 rings (SSSR count). The molecule has 0 spiro atoms. The zero-order valence-corrected chi connectivity index (χ0v) is 12.4. The van der Waals surface area contributed by atoms with Crippen molar-refractivity contribution in [1.29, 1.82) is 0 Å². The molecule has 116 valence electrons. The maximum absolute atomic E-state index is 11.5. The summed E-state index contributed by atoms with van der Waals surface area (Å²) in [5.74, 6) is -2.18. The molecule has 0 aliphatic carbocycles. The number of carboxylic acid groups (broad SMARTS) is 1. The first-order chi connectivity index (χ1) is 9.95. The molecule has 0 radical (unpaired) electrons. The normalized spacial score (nSPS) is 12.8. The van der Waals surface area contributed by atoms with Crippen molar-refractivity contribution in [1.82, 2.24) is 9.36 Å². The van der Waals surface area contributed by atoms with Gasteiger partial charge in [0.15, 0.2) is 5.13 Å². The molecule has 9 nitrogen and oxygen atoms in total. The maximum Gasteiger partial charge on any atom is 0.362 e. The number of unbranched alkanes of at least 4 members (excludes halogenated alkanes) is 1. The highest BCUT2D eigenvalue weighted by Crippen LogP contribution is 2.08. The van der Waals surface area contributed by atoms with Gasteiger partial charge in [0.25, 0.3) is 0 Å². The van der Waals surface area contributed by atoms with E-state index in [1.165, 1.54) is 6.92 Å². The lowest BCUT2D eigenvalue weighted by molar-refractivity contribution is -0.156. The Bertz CT molecular complexity index is 530. The average molecular weight is 316 g/mol. The molecule has 1 unspecified atom stereocenters. The van der Waals surface area contributed by atoms with Crippen molar-refractivity contribution in [2.75, 3.05) is 12.3 Å². The predicted octanol–water partition coefficient (Wildman–Crippen LogP) is 0.657. The highest BCUT2D eigenvalue weighted by atomic mass is 32.1. The highest BCUT2D eigenvalue weighted by molar-refractivity contribution is 7.09. The molecule has 0 saturated heterocycles. The molecular weight excluding hydrogens is 300 g/mol. The topological polar surface area (TPSA) is 137 Å². The number of nitrogen functional groups attached to an aromatic ring is 1. The average Bonchev–Trinajstić information content (AvgIpc) is 2.85. The van der Waals surface area contributed by atoms with Crippen LogP contribution in [0, 0.1) is 0 Å². The number of rotatable bonds is 8. The van der Waals surface area contributed by atoms with Gasteiger partial charge in [-0.25, -0.2) is 9.59 Å². The second kappa shape index (κ2) is 8.15. The number of aromatic nitrogens is 2. The van der Waals surface area contributed by atoms with Gasteiger partial charge in [-0.3, -0.25) is 0 Å². The van der Waals surface area contributed by atoms with Crippen LogP contribution in [0.3, 0.4) is 0 Å². The number of nitrogens with two attached hydrogens (primary N) is 1. The summed E-state index contributed by atoms with van der Waals surface area (Å²) in [5, 5.41) is 12.5. The monoisotopic (exact) mass is 316 g/mol. The first-order valence-electron chi connectivity index (χ1n) is 6.19. The number of aliphatic carboxylic acids is 1. The zero-order chi connectivity index (χ0) is 15.8. The van der Waals surface area contributed by atoms with Crippen LogP contribution in [-0.4, -0.2) is 44.8 Å². The van der Waals surface area contributed by atoms with E-state index in [1.807, 2.05) is 6.92 Å². The minimum absolute atomic E-state index is 0.103. The summed E-state index contributed by atoms with van der Waals surface area (Å²) >= 11 is 0.830. The second-order valence-corrected chi connectivity index (χ2v) is 4.75. The largest absolute Gasteiger partial charge is 0.476 e. The second-order valence-electron chi connectivity index (χ2n) is 3.97. The molecule has 21 heavy (non-hydrogen) atoms. The van der Waals surface area contributed by atoms with Crippen molar-refractivity contribution in [2.45, 2.75) is 32.8 Å². The minimum Gasteiger partial charge on any atom is -0.476 e. The Labute approximate surface area is 124 Å². The van der Waals surface area contributed by atoms with Gasteiger partial charge < -0.3 is 20.4 Å². The Kier molecular flexibility index (Phi) is 6.53. The van der Waals surface area contributed by atoms with Gasteiger partial charge in [0.05, 0.1) is 6.61 Å². The van der Waals surface area contributed by atoms with Crippen LogP contribution in [-0.2, 0) is 19.2 Å². The third-order valence-corrected chi connectivity index (χ3v) is 2.77. The Morgan fingerprint density at radius 1 is 1.52 bits per heavy atom. The molecule has 1 heterocycles. The molecule has 0 amide bonds. The molecule has 1 aromatic heterocycles. The van der Waals surface area contributed by atoms with Crippen LogP contribution in [0.1, 0.15) is 32.5 Å². The number of esters is 1. The summed E-state index contributed by atoms with van der Waals surface area (Å²) in [6.45, 7) is 3.65. The van der Waals surface area contributed by atoms with E-state index in [4.69, 9.17) is 20.4 Å². The first-order valence-corrected chi connectivity index (χ1v) is 6.96. The van der Waals surface area contributed by atoms with Crippen molar-refractivity contribution in [3.8, 4) is 0 Å². The number of carbonyl (C=O) groups excluding carboxylic acids is 1. The molecule has 0 saturated carbocycles. The van der Waals surface area contributed by atoms with Crippen molar-refractivity contribution in [3.05, 3.63) is 5.82 Å². The van der Waals surface area contributed by atoms with Crippen LogP contribution in [0.5, 0.6) is 0 Å². The lowest BCUT2D eigenvalue weighted by Gasteiger charge is -2.09. The fourth-order valence-corrected chi connectivity index (χ4v) is 1.55. The summed E-state index contributed by atoms with van der Waals surface area (Å²) in [5.41, 5.74) is 4.84. The molecule has 10 heteroatoms. The minimum atomic E-state index is -1.39. The van der Waals surface area contributed by atoms with Crippen molar-refractivity contribution < 1.29 is 24.3 Å². The Hall–Kier alpha value is -2.23. The standard InChI is InChI=1S/C11H16N4O5S/c1-3-4-5-19-10(18)6(2)20-14-7(9(16)17)8-13-11(12)21-15-8/h6H,3-5H2,1-2H3,(H,16,17)(H2,12,13,15). The van der Waals surface area contributed by atoms with Gasteiger partial charge in [0, 0.05) is 11.5 Å². The van der Waals surface area contributed by atoms with E-state index in [-0.39, 0.29) is 17.6 Å². The Balaban J connectivity index is 2.66. The summed E-state index contributed by atoms with van der Waals surface area (Å²) in [6, 6.07) is 0. The fraction of sp³-hybridized carbons (Fsp3) is 0.545. The number of hydrogen-bond acceptors (Lipinski definition) is 9. The Morgan fingerprint density at radius 2 is 2.24 bits per heavy atom. The van der Waals surface area contributed by atoms with E-state index in [0.717, 1.165) is 24.4 Å². The molecule has 1 atom stereocenters. The van der Waals surface area contributed by atoms with Gasteiger partial charge in [-0.2, -0.15) is 9.36 Å². The number of oxime groups is 1. The molecule has 0 fully saturated rings. The molecule has 0 aliphatic rings. The quantitative estimate of drug-likeness (QED) is 0.309. The Morgan fingerprint density at radius 3 is 2.76 bits per heavy atom. The van der Waals surface area contributed by atoms with Crippen LogP contribution in [0.4, 0.5) is 5.13 Å². The maximum atomic E-state index is 11.5. The summed E-state index contributed by atoms with van der Waals surface area (Å²) in [4.78, 5) is 31.1. The molecule has 0 bridgehead atoms. The van der Waals surface area contributed by atoms with Gasteiger partial charge >= 0.3 is 11.9 Å². The summed E-state index contributed by atoms with van der Waals surface area (Å²) in [6.07, 6.45) is 0.595. The third-order valence-electron chi connectivity index (χ3n) is 2.23. The van der Waals surface area contributed by atoms with E-state index in [2.05, 4.69) is 14.5 Å². The number of hydrogen-bond donors (Lipinski definition) is 2. The number of anilines is 1. The van der Waals surface area contributed by atoms with Gasteiger partial charge in [0.2, 0.25) is 17.6 Å². The highest BCUT2D eigenvalue weighted by Gasteiger charge is 2.21. The number of nitrogens with zero attached hydrogens (tertiary/aromatic N) is 3. The van der Waals surface area contributed by atoms with Crippen LogP contribution in [0.15, 0.2) is 5.16 Å². The lowest BCUT2D eigenvalue weighted by Crippen LogP contribution is -2.24. The van der Waals surface area contributed by atoms with Gasteiger partial charge in [-0.15, -0.1) is 0 Å². The molecular formula is C11H16N4O5S. The molecule has 1 aromatic rings. The molecule has 0 aromatic carbocycles. The van der Waals surface area contributed by atoms with E-state index in [9.17, 15) is 9.59 Å². The smallest absolute Gasteiger partial charge is 0.362 e. The van der Waals surface area contributed by atoms with Crippen LogP contribution < -0.4 is 5.73 Å². The van der Waals surface area contributed by atoms with E-state index >= 15 is 0 Å². The SMILES string of the molecule is CCCCOC(=O)C(C)ON=C(C(=O)O)c1nsc(N)n1. The van der Waals surface area contributed by atoms with Crippen molar-refractivity contribution in [2.24, 2.45) is 5.16 Å². The first kappa shape index (κ1) is 16.8. The van der Waals surface area contributed by atoms with Gasteiger partial charge in [-0.05, 0) is 13.3 Å². The number of carboxylic acids is 1. The lowest BCUT2D eigenvalue weighted by atomic mass is 10.3. The summed E-state index contributed by atoms with van der Waals surface area (Å²) in [7, 11) is 0. The molecule has 3 N–H and O–H groups in total. The van der Waals surface area contributed by atoms with Crippen LogP contribution in [0.2, 0.25) is 0 Å². The van der Waals surface area contributed by atoms with Gasteiger partial charge in [-0.1, -0.05) is 18.5 Å². The van der Waals surface area contributed by atoms with Gasteiger partial charge in [0.1, 0.15) is 0 Å². The van der Waals surface area contributed by atoms with Crippen molar-refractivity contribution >= 4 is 34.3 Å². The zero-order valence-electron chi connectivity index (χ0n) is 11.6. The predicted molar refractivity (Wildman–Crippen MR) is 74.9 cm³/mol. The summed E-state index contributed by atoms with van der Waals surface area (Å²) < 4.78 is 8.64. The van der Waals surface area contributed by atoms with Crippen molar-refractivity contribution in [3.63, 3.8) is 0 Å². The third kappa shape index (κ3) is 5.34. The van der Waals surface area contributed by atoms with Crippen LogP contribution >= 0.6 is 11.5 Å². The van der Waals surface area contributed by atoms with E-state index in [0.29, 0.717) is 0 Å². The van der Waals surface area contributed by atoms with Crippen LogP contribution in [0.25, 0.3) is 0 Å². The number of ether oxygens (including phenoxy) is 1. The van der Waals surface area contributed by atoms with E-state index in [1.54, 1.807) is 0 Å². The molecule has 0 aliphatic heterocycles. The fourth-order valence-electron chi connectivity index (χ4n) is 1.12.